The summed E-state index contributed by atoms with van der Waals surface area (Å²) >= 11 is 0. The highest BCUT2D eigenvalue weighted by Gasteiger charge is 2.37. The molecule has 0 amide bonds. The van der Waals surface area contributed by atoms with E-state index in [0.29, 0.717) is 6.10 Å². The molecule has 2 fully saturated rings. The van der Waals surface area contributed by atoms with Crippen molar-refractivity contribution in [1.82, 2.24) is 0 Å². The van der Waals surface area contributed by atoms with Crippen LogP contribution in [0.25, 0.3) is 0 Å². The molecule has 1 heterocycles. The summed E-state index contributed by atoms with van der Waals surface area (Å²) in [5.74, 6) is 0. The molecule has 0 aromatic rings. The zero-order chi connectivity index (χ0) is 9.86. The third-order valence-electron chi connectivity index (χ3n) is 4.13. The maximum absolute atomic E-state index is 6.53. The van der Waals surface area contributed by atoms with Gasteiger partial charge in [0.2, 0.25) is 0 Å². The second kappa shape index (κ2) is 4.80. The molecule has 0 atom stereocenters. The van der Waals surface area contributed by atoms with E-state index in [4.69, 9.17) is 4.43 Å². The van der Waals surface area contributed by atoms with Gasteiger partial charge in [-0.05, 0) is 31.0 Å². The fourth-order valence-electron chi connectivity index (χ4n) is 3.11. The van der Waals surface area contributed by atoms with Gasteiger partial charge in [0.1, 0.15) is 0 Å². The molecule has 0 spiro atoms. The zero-order valence-electron chi connectivity index (χ0n) is 9.56. The minimum Gasteiger partial charge on any atom is -0.414 e. The summed E-state index contributed by atoms with van der Waals surface area (Å²) in [7, 11) is -1.22. The van der Waals surface area contributed by atoms with Crippen LogP contribution in [0.2, 0.25) is 18.1 Å². The quantitative estimate of drug-likeness (QED) is 0.640. The molecule has 1 saturated carbocycles. The van der Waals surface area contributed by atoms with E-state index in [1.807, 2.05) is 0 Å². The Morgan fingerprint density at radius 1 is 1.00 bits per heavy atom. The molecular formula is C12H24OSi. The van der Waals surface area contributed by atoms with Crippen LogP contribution in [-0.4, -0.2) is 14.4 Å². The summed E-state index contributed by atoms with van der Waals surface area (Å²) in [5, 5.41) is 0. The van der Waals surface area contributed by atoms with E-state index in [0.717, 1.165) is 0 Å². The van der Waals surface area contributed by atoms with Gasteiger partial charge in [-0.2, -0.15) is 0 Å². The Kier molecular flexibility index (Phi) is 3.66. The monoisotopic (exact) mass is 212 g/mol. The SMILES string of the molecule is CC[Si]1(OC2CCCC2)CCCCC1. The maximum Gasteiger partial charge on any atom is 0.192 e. The van der Waals surface area contributed by atoms with Gasteiger partial charge in [-0.25, -0.2) is 0 Å². The third-order valence-corrected chi connectivity index (χ3v) is 8.78. The summed E-state index contributed by atoms with van der Waals surface area (Å²) in [5.41, 5.74) is 0. The molecule has 2 heteroatoms. The lowest BCUT2D eigenvalue weighted by molar-refractivity contribution is 0.189. The molecule has 1 saturated heterocycles. The number of hydrogen-bond donors (Lipinski definition) is 0. The summed E-state index contributed by atoms with van der Waals surface area (Å²) in [6, 6.07) is 4.28. The van der Waals surface area contributed by atoms with Gasteiger partial charge in [0.25, 0.3) is 0 Å². The summed E-state index contributed by atoms with van der Waals surface area (Å²) in [6.07, 6.45) is 10.6. The van der Waals surface area contributed by atoms with Crippen molar-refractivity contribution in [3.05, 3.63) is 0 Å². The molecule has 2 rings (SSSR count). The van der Waals surface area contributed by atoms with E-state index < -0.39 is 8.32 Å². The highest BCUT2D eigenvalue weighted by Crippen LogP contribution is 2.36. The summed E-state index contributed by atoms with van der Waals surface area (Å²) in [4.78, 5) is 0. The Morgan fingerprint density at radius 3 is 2.21 bits per heavy atom. The minimum atomic E-state index is -1.22. The van der Waals surface area contributed by atoms with Gasteiger partial charge in [0, 0.05) is 6.10 Å². The van der Waals surface area contributed by atoms with Gasteiger partial charge in [-0.1, -0.05) is 39.0 Å². The largest absolute Gasteiger partial charge is 0.414 e. The molecule has 0 unspecified atom stereocenters. The van der Waals surface area contributed by atoms with Crippen molar-refractivity contribution in [2.24, 2.45) is 0 Å². The summed E-state index contributed by atoms with van der Waals surface area (Å²) in [6.45, 7) is 2.37. The highest BCUT2D eigenvalue weighted by atomic mass is 28.4. The first-order valence-corrected chi connectivity index (χ1v) is 9.05. The molecule has 0 aromatic heterocycles. The number of hydrogen-bond acceptors (Lipinski definition) is 1. The lowest BCUT2D eigenvalue weighted by Crippen LogP contribution is -2.42. The van der Waals surface area contributed by atoms with Crippen molar-refractivity contribution in [3.63, 3.8) is 0 Å². The van der Waals surface area contributed by atoms with Gasteiger partial charge >= 0.3 is 0 Å². The molecule has 82 valence electrons. The van der Waals surface area contributed by atoms with Crippen LogP contribution in [0.3, 0.4) is 0 Å². The second-order valence-electron chi connectivity index (χ2n) is 5.12. The molecule has 0 bridgehead atoms. The van der Waals surface area contributed by atoms with Crippen LogP contribution in [0.1, 0.15) is 51.9 Å². The lowest BCUT2D eigenvalue weighted by atomic mass is 10.3. The van der Waals surface area contributed by atoms with E-state index in [2.05, 4.69) is 6.92 Å². The minimum absolute atomic E-state index is 0.666. The zero-order valence-corrected chi connectivity index (χ0v) is 10.6. The molecule has 0 radical (unpaired) electrons. The molecule has 1 aliphatic heterocycles. The first kappa shape index (κ1) is 10.7. The highest BCUT2D eigenvalue weighted by molar-refractivity contribution is 6.73. The van der Waals surface area contributed by atoms with E-state index in [9.17, 15) is 0 Å². The molecular weight excluding hydrogens is 188 g/mol. The molecule has 14 heavy (non-hydrogen) atoms. The predicted molar refractivity (Wildman–Crippen MR) is 63.0 cm³/mol. The van der Waals surface area contributed by atoms with Crippen molar-refractivity contribution in [1.29, 1.82) is 0 Å². The van der Waals surface area contributed by atoms with E-state index >= 15 is 0 Å². The van der Waals surface area contributed by atoms with Gasteiger partial charge in [0.15, 0.2) is 8.32 Å². The van der Waals surface area contributed by atoms with E-state index in [1.54, 1.807) is 0 Å². The molecule has 2 aliphatic rings. The Bertz CT molecular complexity index is 169. The Morgan fingerprint density at radius 2 is 1.64 bits per heavy atom. The lowest BCUT2D eigenvalue weighted by Gasteiger charge is -2.36. The third kappa shape index (κ3) is 2.40. The van der Waals surface area contributed by atoms with Crippen LogP contribution in [0.15, 0.2) is 0 Å². The molecule has 1 aliphatic carbocycles. The second-order valence-corrected chi connectivity index (χ2v) is 9.43. The van der Waals surface area contributed by atoms with Crippen molar-refractivity contribution in [3.8, 4) is 0 Å². The van der Waals surface area contributed by atoms with Gasteiger partial charge in [-0.15, -0.1) is 0 Å². The van der Waals surface area contributed by atoms with E-state index in [-0.39, 0.29) is 0 Å². The van der Waals surface area contributed by atoms with Gasteiger partial charge in [0.05, 0.1) is 0 Å². The van der Waals surface area contributed by atoms with Crippen LogP contribution in [0, 0.1) is 0 Å². The standard InChI is InChI=1S/C12H24OSi/c1-2-14(10-6-3-7-11-14)13-12-8-4-5-9-12/h12H,2-11H2,1H3. The Balaban J connectivity index is 1.89. The molecule has 0 N–H and O–H groups in total. The van der Waals surface area contributed by atoms with Crippen molar-refractivity contribution in [2.45, 2.75) is 76.1 Å². The predicted octanol–water partition coefficient (Wildman–Crippen LogP) is 4.09. The normalized spacial score (nSPS) is 28.1. The average molecular weight is 212 g/mol. The topological polar surface area (TPSA) is 9.23 Å². The smallest absolute Gasteiger partial charge is 0.192 e. The van der Waals surface area contributed by atoms with Gasteiger partial charge < -0.3 is 4.43 Å². The van der Waals surface area contributed by atoms with Crippen LogP contribution < -0.4 is 0 Å². The van der Waals surface area contributed by atoms with E-state index in [1.165, 1.54) is 63.1 Å². The Hall–Kier alpha value is 0.177. The van der Waals surface area contributed by atoms with Gasteiger partial charge in [-0.3, -0.25) is 0 Å². The van der Waals surface area contributed by atoms with Crippen LogP contribution >= 0.6 is 0 Å². The Labute approximate surface area is 89.4 Å². The number of rotatable bonds is 3. The van der Waals surface area contributed by atoms with Crippen LogP contribution in [0.4, 0.5) is 0 Å². The molecule has 0 aromatic carbocycles. The van der Waals surface area contributed by atoms with Crippen molar-refractivity contribution >= 4 is 8.32 Å². The van der Waals surface area contributed by atoms with Crippen molar-refractivity contribution < 1.29 is 4.43 Å². The molecule has 1 nitrogen and oxygen atoms in total. The fraction of sp³-hybridized carbons (Fsp3) is 1.00. The summed E-state index contributed by atoms with van der Waals surface area (Å²) < 4.78 is 6.53. The maximum atomic E-state index is 6.53. The van der Waals surface area contributed by atoms with Crippen LogP contribution in [0.5, 0.6) is 0 Å². The first-order valence-electron chi connectivity index (χ1n) is 6.52. The fourth-order valence-corrected chi connectivity index (χ4v) is 7.20. The average Bonchev–Trinajstić information content (AvgIpc) is 2.72. The van der Waals surface area contributed by atoms with Crippen LogP contribution in [-0.2, 0) is 4.43 Å². The van der Waals surface area contributed by atoms with Crippen molar-refractivity contribution in [2.75, 3.05) is 0 Å². The first-order chi connectivity index (χ1) is 6.85.